The Hall–Kier alpha value is -1.16. The molecule has 0 atom stereocenters. The lowest BCUT2D eigenvalue weighted by Crippen LogP contribution is -2.48. The van der Waals surface area contributed by atoms with E-state index in [1.54, 1.807) is 13.0 Å². The van der Waals surface area contributed by atoms with Crippen LogP contribution < -0.4 is 10.5 Å². The number of aryl methyl sites for hydroxylation is 1. The minimum Gasteiger partial charge on any atom is -0.494 e. The molecule has 0 aromatic heterocycles. The van der Waals surface area contributed by atoms with Gasteiger partial charge in [-0.15, -0.1) is 0 Å². The van der Waals surface area contributed by atoms with E-state index in [9.17, 15) is 8.78 Å². The molecule has 2 N–H and O–H groups in total. The van der Waals surface area contributed by atoms with Gasteiger partial charge in [0.05, 0.1) is 12.1 Å². The fraction of sp³-hybridized carbons (Fsp3) is 0.538. The molecule has 2 nitrogen and oxygen atoms in total. The molecule has 0 aliphatic rings. The number of ether oxygens (including phenoxy) is 1. The van der Waals surface area contributed by atoms with Gasteiger partial charge in [-0.2, -0.15) is 8.78 Å². The smallest absolute Gasteiger partial charge is 0.290 e. The second-order valence-electron chi connectivity index (χ2n) is 4.71. The van der Waals surface area contributed by atoms with Crippen LogP contribution in [0.5, 0.6) is 5.75 Å². The standard InChI is InChI=1S/C13H19F2NO/c1-5-17-11-7-6-10(8-9(11)2)13(14,15)12(3,4)16/h6-8H,5,16H2,1-4H3. The molecule has 0 bridgehead atoms. The molecule has 0 radical (unpaired) electrons. The Morgan fingerprint density at radius 1 is 1.29 bits per heavy atom. The number of alkyl halides is 2. The van der Waals surface area contributed by atoms with Crippen LogP contribution in [0.15, 0.2) is 18.2 Å². The third-order valence-electron chi connectivity index (χ3n) is 2.65. The molecule has 1 aromatic carbocycles. The lowest BCUT2D eigenvalue weighted by molar-refractivity contribution is -0.0673. The summed E-state index contributed by atoms with van der Waals surface area (Å²) < 4.78 is 33.3. The van der Waals surface area contributed by atoms with Crippen molar-refractivity contribution in [3.63, 3.8) is 0 Å². The Balaban J connectivity index is 3.13. The second kappa shape index (κ2) is 4.61. The van der Waals surface area contributed by atoms with E-state index >= 15 is 0 Å². The van der Waals surface area contributed by atoms with Crippen molar-refractivity contribution < 1.29 is 13.5 Å². The van der Waals surface area contributed by atoms with Crippen molar-refractivity contribution in [2.45, 2.75) is 39.2 Å². The zero-order chi connectivity index (χ0) is 13.3. The number of halogens is 2. The molecule has 0 saturated heterocycles. The van der Waals surface area contributed by atoms with Gasteiger partial charge in [-0.1, -0.05) is 0 Å². The first-order valence-corrected chi connectivity index (χ1v) is 5.60. The van der Waals surface area contributed by atoms with Gasteiger partial charge < -0.3 is 10.5 Å². The highest BCUT2D eigenvalue weighted by atomic mass is 19.3. The Bertz CT molecular complexity index is 397. The summed E-state index contributed by atoms with van der Waals surface area (Å²) in [4.78, 5) is 0. The lowest BCUT2D eigenvalue weighted by atomic mass is 9.90. The summed E-state index contributed by atoms with van der Waals surface area (Å²) in [6.45, 7) is 6.75. The van der Waals surface area contributed by atoms with E-state index in [1.807, 2.05) is 6.92 Å². The van der Waals surface area contributed by atoms with Crippen molar-refractivity contribution in [3.05, 3.63) is 29.3 Å². The first-order chi connectivity index (χ1) is 7.70. The fourth-order valence-corrected chi connectivity index (χ4v) is 1.53. The highest BCUT2D eigenvalue weighted by Crippen LogP contribution is 2.38. The van der Waals surface area contributed by atoms with Crippen LogP contribution in [-0.2, 0) is 5.92 Å². The normalized spacial score (nSPS) is 12.6. The van der Waals surface area contributed by atoms with Crippen molar-refractivity contribution in [2.75, 3.05) is 6.61 Å². The Morgan fingerprint density at radius 2 is 1.88 bits per heavy atom. The van der Waals surface area contributed by atoms with Gasteiger partial charge in [0, 0.05) is 5.56 Å². The predicted molar refractivity (Wildman–Crippen MR) is 64.5 cm³/mol. The molecule has 0 fully saturated rings. The maximum atomic E-state index is 14.0. The van der Waals surface area contributed by atoms with Crippen molar-refractivity contribution in [1.29, 1.82) is 0 Å². The molecule has 0 amide bonds. The summed E-state index contributed by atoms with van der Waals surface area (Å²) >= 11 is 0. The Kier molecular flexibility index (Phi) is 3.77. The number of benzene rings is 1. The Labute approximate surface area is 101 Å². The van der Waals surface area contributed by atoms with Crippen LogP contribution in [0.3, 0.4) is 0 Å². The van der Waals surface area contributed by atoms with Gasteiger partial charge in [0.15, 0.2) is 0 Å². The Morgan fingerprint density at radius 3 is 2.29 bits per heavy atom. The van der Waals surface area contributed by atoms with E-state index in [0.29, 0.717) is 17.9 Å². The molecule has 17 heavy (non-hydrogen) atoms. The molecular formula is C13H19F2NO. The number of rotatable bonds is 4. The predicted octanol–water partition coefficient (Wildman–Crippen LogP) is 3.22. The van der Waals surface area contributed by atoms with Crippen LogP contribution in [0, 0.1) is 6.92 Å². The molecule has 0 aliphatic heterocycles. The lowest BCUT2D eigenvalue weighted by Gasteiger charge is -2.30. The van der Waals surface area contributed by atoms with Crippen LogP contribution in [0.1, 0.15) is 31.9 Å². The van der Waals surface area contributed by atoms with E-state index in [0.717, 1.165) is 0 Å². The minimum absolute atomic E-state index is 0.0778. The van der Waals surface area contributed by atoms with Gasteiger partial charge in [-0.05, 0) is 51.5 Å². The molecule has 0 spiro atoms. The summed E-state index contributed by atoms with van der Waals surface area (Å²) in [5.41, 5.74) is 4.53. The maximum Gasteiger partial charge on any atom is 0.290 e. The van der Waals surface area contributed by atoms with Crippen molar-refractivity contribution in [3.8, 4) is 5.75 Å². The van der Waals surface area contributed by atoms with E-state index in [4.69, 9.17) is 10.5 Å². The molecular weight excluding hydrogens is 224 g/mol. The van der Waals surface area contributed by atoms with E-state index in [2.05, 4.69) is 0 Å². The monoisotopic (exact) mass is 243 g/mol. The SMILES string of the molecule is CCOc1ccc(C(F)(F)C(C)(C)N)cc1C. The largest absolute Gasteiger partial charge is 0.494 e. The summed E-state index contributed by atoms with van der Waals surface area (Å²) in [5.74, 6) is -2.44. The van der Waals surface area contributed by atoms with Crippen LogP contribution >= 0.6 is 0 Å². The van der Waals surface area contributed by atoms with Crippen LogP contribution in [-0.4, -0.2) is 12.1 Å². The molecule has 1 aromatic rings. The van der Waals surface area contributed by atoms with Gasteiger partial charge in [0.2, 0.25) is 0 Å². The number of hydrogen-bond donors (Lipinski definition) is 1. The van der Waals surface area contributed by atoms with Crippen molar-refractivity contribution in [2.24, 2.45) is 5.73 Å². The zero-order valence-electron chi connectivity index (χ0n) is 10.7. The first-order valence-electron chi connectivity index (χ1n) is 5.60. The number of hydrogen-bond acceptors (Lipinski definition) is 2. The van der Waals surface area contributed by atoms with Gasteiger partial charge >= 0.3 is 0 Å². The number of nitrogens with two attached hydrogens (primary N) is 1. The summed E-state index contributed by atoms with van der Waals surface area (Å²) in [6, 6.07) is 4.36. The average Bonchev–Trinajstić information content (AvgIpc) is 2.19. The van der Waals surface area contributed by atoms with E-state index in [1.165, 1.54) is 26.0 Å². The van der Waals surface area contributed by atoms with Gasteiger partial charge in [-0.25, -0.2) is 0 Å². The quantitative estimate of drug-likeness (QED) is 0.881. The molecule has 96 valence electrons. The fourth-order valence-electron chi connectivity index (χ4n) is 1.53. The molecule has 0 heterocycles. The maximum absolute atomic E-state index is 14.0. The van der Waals surface area contributed by atoms with Crippen molar-refractivity contribution in [1.82, 2.24) is 0 Å². The third-order valence-corrected chi connectivity index (χ3v) is 2.65. The van der Waals surface area contributed by atoms with Gasteiger partial charge in [0.25, 0.3) is 5.92 Å². The highest BCUT2D eigenvalue weighted by Gasteiger charge is 2.45. The third kappa shape index (κ3) is 2.75. The summed E-state index contributed by atoms with van der Waals surface area (Å²) in [7, 11) is 0. The van der Waals surface area contributed by atoms with Gasteiger partial charge in [0.1, 0.15) is 5.75 Å². The highest BCUT2D eigenvalue weighted by molar-refractivity contribution is 5.38. The topological polar surface area (TPSA) is 35.2 Å². The molecule has 1 rings (SSSR count). The van der Waals surface area contributed by atoms with E-state index < -0.39 is 11.5 Å². The molecule has 0 saturated carbocycles. The van der Waals surface area contributed by atoms with Crippen LogP contribution in [0.4, 0.5) is 8.78 Å². The van der Waals surface area contributed by atoms with E-state index in [-0.39, 0.29) is 5.56 Å². The molecule has 0 aliphatic carbocycles. The molecule has 4 heteroatoms. The van der Waals surface area contributed by atoms with Crippen LogP contribution in [0.25, 0.3) is 0 Å². The minimum atomic E-state index is -3.07. The second-order valence-corrected chi connectivity index (χ2v) is 4.71. The van der Waals surface area contributed by atoms with Crippen LogP contribution in [0.2, 0.25) is 0 Å². The summed E-state index contributed by atoms with van der Waals surface area (Å²) in [5, 5.41) is 0. The first kappa shape index (κ1) is 13.9. The molecule has 0 unspecified atom stereocenters. The zero-order valence-corrected chi connectivity index (χ0v) is 10.7. The van der Waals surface area contributed by atoms with Crippen molar-refractivity contribution >= 4 is 0 Å². The average molecular weight is 243 g/mol. The van der Waals surface area contributed by atoms with Gasteiger partial charge in [-0.3, -0.25) is 0 Å². The summed E-state index contributed by atoms with van der Waals surface area (Å²) in [6.07, 6.45) is 0.